The van der Waals surface area contributed by atoms with Crippen LogP contribution in [-0.2, 0) is 26.0 Å². The predicted octanol–water partition coefficient (Wildman–Crippen LogP) is 3.84. The van der Waals surface area contributed by atoms with Crippen molar-refractivity contribution in [3.05, 3.63) is 59.7 Å². The Balaban J connectivity index is 1.67. The first-order valence-corrected chi connectivity index (χ1v) is 12.7. The highest BCUT2D eigenvalue weighted by Crippen LogP contribution is 2.49. The van der Waals surface area contributed by atoms with E-state index in [1.807, 2.05) is 37.3 Å². The van der Waals surface area contributed by atoms with Crippen LogP contribution in [0.5, 0.6) is 0 Å². The van der Waals surface area contributed by atoms with Crippen molar-refractivity contribution in [2.24, 2.45) is 11.8 Å². The van der Waals surface area contributed by atoms with E-state index in [-0.39, 0.29) is 29.4 Å². The fourth-order valence-electron chi connectivity index (χ4n) is 4.67. The maximum atomic E-state index is 12.7. The predicted molar refractivity (Wildman–Crippen MR) is 121 cm³/mol. The fourth-order valence-corrected chi connectivity index (χ4v) is 5.32. The summed E-state index contributed by atoms with van der Waals surface area (Å²) in [5, 5.41) is 2.95. The minimum absolute atomic E-state index is 0.0662. The lowest BCUT2D eigenvalue weighted by Crippen LogP contribution is -2.53. The molecule has 7 nitrogen and oxygen atoms in total. The zero-order chi connectivity index (χ0) is 23.0. The molecule has 1 fully saturated rings. The summed E-state index contributed by atoms with van der Waals surface area (Å²) >= 11 is 0. The van der Waals surface area contributed by atoms with E-state index in [1.165, 1.54) is 13.0 Å². The standard InChI is InChI=1S/C24H28N2O5S/c1-15-22(25-24(28)31-14-17-7-5-4-6-8-17)20-13-19(32(3,29)30)11-12-21(20)26(16(2)27)23(15)18-9-10-18/h4-8,11-13,15,18,22-23H,9-10,14H2,1-3H3,(H,25,28)/t15-,22?,23?/m1/s1. The summed E-state index contributed by atoms with van der Waals surface area (Å²) in [6.45, 7) is 3.66. The van der Waals surface area contributed by atoms with Crippen molar-refractivity contribution in [3.8, 4) is 0 Å². The summed E-state index contributed by atoms with van der Waals surface area (Å²) in [4.78, 5) is 27.2. The van der Waals surface area contributed by atoms with Crippen LogP contribution in [0.3, 0.4) is 0 Å². The molecule has 8 heteroatoms. The van der Waals surface area contributed by atoms with Crippen molar-refractivity contribution < 1.29 is 22.7 Å². The van der Waals surface area contributed by atoms with Crippen LogP contribution in [0.4, 0.5) is 10.5 Å². The van der Waals surface area contributed by atoms with E-state index in [0.29, 0.717) is 17.2 Å². The average molecular weight is 457 g/mol. The van der Waals surface area contributed by atoms with Crippen LogP contribution < -0.4 is 10.2 Å². The van der Waals surface area contributed by atoms with Crippen LogP contribution in [0.2, 0.25) is 0 Å². The molecule has 2 unspecified atom stereocenters. The fraction of sp³-hybridized carbons (Fsp3) is 0.417. The smallest absolute Gasteiger partial charge is 0.407 e. The third kappa shape index (κ3) is 4.50. The Kier molecular flexibility index (Phi) is 5.99. The zero-order valence-corrected chi connectivity index (χ0v) is 19.3. The van der Waals surface area contributed by atoms with Crippen LogP contribution in [0.25, 0.3) is 0 Å². The van der Waals surface area contributed by atoms with Gasteiger partial charge in [0, 0.05) is 30.8 Å². The lowest BCUT2D eigenvalue weighted by atomic mass is 9.80. The van der Waals surface area contributed by atoms with Crippen LogP contribution in [-0.4, -0.2) is 32.7 Å². The number of ether oxygens (including phenoxy) is 1. The van der Waals surface area contributed by atoms with E-state index in [2.05, 4.69) is 5.32 Å². The molecule has 2 aromatic rings. The number of benzene rings is 2. The van der Waals surface area contributed by atoms with Gasteiger partial charge < -0.3 is 15.0 Å². The average Bonchev–Trinajstić information content (AvgIpc) is 3.58. The van der Waals surface area contributed by atoms with Crippen LogP contribution in [0.15, 0.2) is 53.4 Å². The summed E-state index contributed by atoms with van der Waals surface area (Å²) in [5.41, 5.74) is 2.13. The number of sulfone groups is 1. The topological polar surface area (TPSA) is 92.8 Å². The number of fused-ring (bicyclic) bond motifs is 1. The van der Waals surface area contributed by atoms with Gasteiger partial charge >= 0.3 is 6.09 Å². The van der Waals surface area contributed by atoms with Crippen molar-refractivity contribution in [3.63, 3.8) is 0 Å². The van der Waals surface area contributed by atoms with Gasteiger partial charge in [0.2, 0.25) is 5.91 Å². The van der Waals surface area contributed by atoms with Crippen molar-refractivity contribution in [2.45, 2.75) is 50.3 Å². The zero-order valence-electron chi connectivity index (χ0n) is 18.4. The largest absolute Gasteiger partial charge is 0.445 e. The number of carbonyl (C=O) groups is 2. The molecule has 0 saturated heterocycles. The lowest BCUT2D eigenvalue weighted by molar-refractivity contribution is -0.117. The molecule has 0 spiro atoms. The van der Waals surface area contributed by atoms with Crippen molar-refractivity contribution >= 4 is 27.5 Å². The Hall–Kier alpha value is -2.87. The molecule has 2 aromatic carbocycles. The third-order valence-corrected chi connectivity index (χ3v) is 7.42. The summed E-state index contributed by atoms with van der Waals surface area (Å²) in [5.74, 6) is 0.159. The normalized spacial score (nSPS) is 22.7. The SMILES string of the molecule is CC(=O)N1c2ccc(S(C)(=O)=O)cc2C(NC(=O)OCc2ccccc2)[C@@H](C)C1C1CC1. The van der Waals surface area contributed by atoms with E-state index in [1.54, 1.807) is 17.0 Å². The van der Waals surface area contributed by atoms with Gasteiger partial charge in [-0.15, -0.1) is 0 Å². The number of nitrogens with zero attached hydrogens (tertiary/aromatic N) is 1. The minimum atomic E-state index is -3.45. The van der Waals surface area contributed by atoms with Crippen molar-refractivity contribution in [2.75, 3.05) is 11.2 Å². The van der Waals surface area contributed by atoms with Crippen LogP contribution in [0.1, 0.15) is 43.9 Å². The Labute approximate surface area is 188 Å². The number of carbonyl (C=O) groups excluding carboxylic acids is 2. The maximum absolute atomic E-state index is 12.7. The number of hydrogen-bond donors (Lipinski definition) is 1. The molecule has 32 heavy (non-hydrogen) atoms. The number of anilines is 1. The molecule has 1 aliphatic heterocycles. The molecule has 0 radical (unpaired) electrons. The number of nitrogens with one attached hydrogen (secondary N) is 1. The third-order valence-electron chi connectivity index (χ3n) is 6.31. The van der Waals surface area contributed by atoms with Crippen molar-refractivity contribution in [1.29, 1.82) is 0 Å². The minimum Gasteiger partial charge on any atom is -0.445 e. The van der Waals surface area contributed by atoms with E-state index in [9.17, 15) is 18.0 Å². The molecule has 170 valence electrons. The van der Waals surface area contributed by atoms with E-state index in [4.69, 9.17) is 4.74 Å². The second-order valence-corrected chi connectivity index (χ2v) is 10.8. The highest BCUT2D eigenvalue weighted by atomic mass is 32.2. The summed E-state index contributed by atoms with van der Waals surface area (Å²) in [6, 6.07) is 13.6. The first-order chi connectivity index (χ1) is 15.2. The van der Waals surface area contributed by atoms with Gasteiger partial charge in [-0.05, 0) is 48.1 Å². The number of rotatable bonds is 5. The molecule has 0 aromatic heterocycles. The number of amides is 2. The van der Waals surface area contributed by atoms with Gasteiger partial charge in [-0.2, -0.15) is 0 Å². The number of hydrogen-bond acceptors (Lipinski definition) is 5. The Morgan fingerprint density at radius 2 is 1.81 bits per heavy atom. The monoisotopic (exact) mass is 456 g/mol. The molecule has 1 aliphatic carbocycles. The van der Waals surface area contributed by atoms with Gasteiger partial charge in [0.25, 0.3) is 0 Å². The molecule has 1 N–H and O–H groups in total. The first-order valence-electron chi connectivity index (χ1n) is 10.8. The van der Waals surface area contributed by atoms with Gasteiger partial charge in [-0.25, -0.2) is 13.2 Å². The Morgan fingerprint density at radius 1 is 1.12 bits per heavy atom. The molecule has 1 saturated carbocycles. The molecule has 2 amide bonds. The lowest BCUT2D eigenvalue weighted by Gasteiger charge is -2.45. The molecular formula is C24H28N2O5S. The summed E-state index contributed by atoms with van der Waals surface area (Å²) in [6.07, 6.45) is 2.63. The summed E-state index contributed by atoms with van der Waals surface area (Å²) < 4.78 is 29.8. The van der Waals surface area contributed by atoms with E-state index >= 15 is 0 Å². The van der Waals surface area contributed by atoms with Gasteiger partial charge in [0.1, 0.15) is 6.61 Å². The summed E-state index contributed by atoms with van der Waals surface area (Å²) in [7, 11) is -3.45. The highest BCUT2D eigenvalue weighted by molar-refractivity contribution is 7.90. The molecule has 4 rings (SSSR count). The first kappa shape index (κ1) is 22.3. The van der Waals surface area contributed by atoms with Crippen LogP contribution >= 0.6 is 0 Å². The van der Waals surface area contributed by atoms with Gasteiger partial charge in [-0.3, -0.25) is 4.79 Å². The van der Waals surface area contributed by atoms with Crippen molar-refractivity contribution in [1.82, 2.24) is 5.32 Å². The van der Waals surface area contributed by atoms with Gasteiger partial charge in [0.05, 0.1) is 10.9 Å². The Morgan fingerprint density at radius 3 is 2.41 bits per heavy atom. The molecular weight excluding hydrogens is 428 g/mol. The van der Waals surface area contributed by atoms with Gasteiger partial charge in [0.15, 0.2) is 9.84 Å². The van der Waals surface area contributed by atoms with E-state index < -0.39 is 22.0 Å². The molecule has 2 aliphatic rings. The maximum Gasteiger partial charge on any atom is 0.407 e. The second kappa shape index (κ2) is 8.58. The quantitative estimate of drug-likeness (QED) is 0.738. The molecule has 3 atom stereocenters. The second-order valence-electron chi connectivity index (χ2n) is 8.75. The molecule has 1 heterocycles. The molecule has 0 bridgehead atoms. The van der Waals surface area contributed by atoms with E-state index in [0.717, 1.165) is 24.7 Å². The van der Waals surface area contributed by atoms with Gasteiger partial charge in [-0.1, -0.05) is 37.3 Å². The Bertz CT molecular complexity index is 1130. The highest BCUT2D eigenvalue weighted by Gasteiger charge is 2.48. The number of alkyl carbamates (subject to hydrolysis) is 1. The van der Waals surface area contributed by atoms with Crippen LogP contribution in [0, 0.1) is 11.8 Å².